The van der Waals surface area contributed by atoms with E-state index in [4.69, 9.17) is 0 Å². The predicted molar refractivity (Wildman–Crippen MR) is 83.9 cm³/mol. The maximum Gasteiger partial charge on any atom is 0.233 e. The van der Waals surface area contributed by atoms with Gasteiger partial charge < -0.3 is 5.32 Å². The van der Waals surface area contributed by atoms with Gasteiger partial charge in [0.1, 0.15) is 0 Å². The van der Waals surface area contributed by atoms with Gasteiger partial charge >= 0.3 is 0 Å². The molecule has 2 fully saturated rings. The van der Waals surface area contributed by atoms with E-state index in [0.29, 0.717) is 6.54 Å². The van der Waals surface area contributed by atoms with E-state index in [0.717, 1.165) is 38.5 Å². The fourth-order valence-electron chi connectivity index (χ4n) is 3.53. The van der Waals surface area contributed by atoms with E-state index >= 15 is 0 Å². The van der Waals surface area contributed by atoms with Crippen molar-refractivity contribution < 1.29 is 14.4 Å². The summed E-state index contributed by atoms with van der Waals surface area (Å²) in [5.74, 6) is -0.389. The second kappa shape index (κ2) is 8.30. The average Bonchev–Trinajstić information content (AvgIpc) is 2.77. The van der Waals surface area contributed by atoms with Crippen LogP contribution in [0.25, 0.3) is 0 Å². The van der Waals surface area contributed by atoms with Crippen molar-refractivity contribution in [3.63, 3.8) is 0 Å². The van der Waals surface area contributed by atoms with Crippen molar-refractivity contribution in [2.75, 3.05) is 13.1 Å². The van der Waals surface area contributed by atoms with Crippen molar-refractivity contribution in [1.29, 1.82) is 0 Å². The Bertz CT molecular complexity index is 398. The largest absolute Gasteiger partial charge is 0.356 e. The van der Waals surface area contributed by atoms with Gasteiger partial charge in [-0.3, -0.25) is 19.3 Å². The average molecular weight is 308 g/mol. The highest BCUT2D eigenvalue weighted by Gasteiger charge is 2.47. The van der Waals surface area contributed by atoms with Crippen molar-refractivity contribution in [2.45, 2.75) is 64.7 Å². The number of rotatable bonds is 8. The number of nitrogens with one attached hydrogen (secondary N) is 1. The van der Waals surface area contributed by atoms with Gasteiger partial charge in [0.25, 0.3) is 0 Å². The fraction of sp³-hybridized carbons (Fsp3) is 0.824. The first-order chi connectivity index (χ1) is 10.6. The third-order valence-corrected chi connectivity index (χ3v) is 4.85. The minimum atomic E-state index is -0.113. The van der Waals surface area contributed by atoms with Gasteiger partial charge in [-0.15, -0.1) is 0 Å². The Balaban J connectivity index is 1.71. The van der Waals surface area contributed by atoms with Gasteiger partial charge in [-0.25, -0.2) is 0 Å². The molecule has 0 aromatic rings. The Labute approximate surface area is 132 Å². The molecule has 1 aliphatic heterocycles. The van der Waals surface area contributed by atoms with Gasteiger partial charge in [-0.2, -0.15) is 0 Å². The number of carbonyl (C=O) groups excluding carboxylic acids is 3. The zero-order chi connectivity index (χ0) is 15.9. The number of imide groups is 1. The Morgan fingerprint density at radius 1 is 1.09 bits per heavy atom. The van der Waals surface area contributed by atoms with Crippen molar-refractivity contribution in [3.8, 4) is 0 Å². The topological polar surface area (TPSA) is 66.5 Å². The normalized spacial score (nSPS) is 24.5. The molecule has 0 radical (unpaired) electrons. The summed E-state index contributed by atoms with van der Waals surface area (Å²) in [7, 11) is 0. The maximum absolute atomic E-state index is 12.3. The van der Waals surface area contributed by atoms with Crippen LogP contribution in [0.15, 0.2) is 0 Å². The lowest BCUT2D eigenvalue weighted by Gasteiger charge is -2.19. The molecule has 2 unspecified atom stereocenters. The molecule has 3 amide bonds. The number of hydrogen-bond acceptors (Lipinski definition) is 3. The first-order valence-corrected chi connectivity index (χ1v) is 8.77. The zero-order valence-electron chi connectivity index (χ0n) is 13.6. The molecule has 0 aromatic carbocycles. The Morgan fingerprint density at radius 3 is 2.32 bits per heavy atom. The molecule has 2 rings (SSSR count). The molecule has 5 heteroatoms. The summed E-state index contributed by atoms with van der Waals surface area (Å²) in [5.41, 5.74) is 0. The minimum absolute atomic E-state index is 0.0505. The van der Waals surface area contributed by atoms with Gasteiger partial charge in [0.15, 0.2) is 0 Å². The number of fused-ring (bicyclic) bond motifs is 1. The Hall–Kier alpha value is -1.39. The lowest BCUT2D eigenvalue weighted by molar-refractivity contribution is -0.140. The molecule has 1 N–H and O–H groups in total. The van der Waals surface area contributed by atoms with E-state index in [9.17, 15) is 14.4 Å². The molecule has 1 saturated carbocycles. The van der Waals surface area contributed by atoms with Gasteiger partial charge in [0.05, 0.1) is 11.8 Å². The molecular formula is C17H28N2O3. The van der Waals surface area contributed by atoms with Crippen LogP contribution in [0.5, 0.6) is 0 Å². The highest BCUT2D eigenvalue weighted by Crippen LogP contribution is 2.37. The van der Waals surface area contributed by atoms with E-state index in [1.54, 1.807) is 0 Å². The number of unbranched alkanes of at least 4 members (excludes halogenated alkanes) is 3. The molecular weight excluding hydrogens is 280 g/mol. The first-order valence-electron chi connectivity index (χ1n) is 8.77. The third-order valence-electron chi connectivity index (χ3n) is 4.85. The molecule has 1 aliphatic carbocycles. The van der Waals surface area contributed by atoms with Crippen molar-refractivity contribution in [1.82, 2.24) is 10.2 Å². The number of likely N-dealkylation sites (tertiary alicyclic amines) is 1. The van der Waals surface area contributed by atoms with Crippen molar-refractivity contribution in [2.24, 2.45) is 11.8 Å². The standard InChI is InChI=1S/C17H28N2O3/c1-2-3-4-7-11-18-15(20)10-12-19-16(21)13-8-5-6-9-14(13)17(19)22/h13-14H,2-12H2,1H3,(H,18,20). The van der Waals surface area contributed by atoms with Gasteiger partial charge in [-0.1, -0.05) is 39.0 Å². The van der Waals surface area contributed by atoms with E-state index in [1.165, 1.54) is 17.7 Å². The highest BCUT2D eigenvalue weighted by molar-refractivity contribution is 6.05. The lowest BCUT2D eigenvalue weighted by atomic mass is 9.81. The predicted octanol–water partition coefficient (Wildman–Crippen LogP) is 2.25. The van der Waals surface area contributed by atoms with Crippen molar-refractivity contribution >= 4 is 17.7 Å². The first kappa shape index (κ1) is 17.0. The maximum atomic E-state index is 12.3. The summed E-state index contributed by atoms with van der Waals surface area (Å²) in [4.78, 5) is 37.7. The minimum Gasteiger partial charge on any atom is -0.356 e. The zero-order valence-corrected chi connectivity index (χ0v) is 13.6. The van der Waals surface area contributed by atoms with E-state index < -0.39 is 0 Å². The smallest absolute Gasteiger partial charge is 0.233 e. The molecule has 2 aliphatic rings. The number of amides is 3. The van der Waals surface area contributed by atoms with E-state index in [2.05, 4.69) is 12.2 Å². The summed E-state index contributed by atoms with van der Waals surface area (Å²) in [6.07, 6.45) is 8.44. The van der Waals surface area contributed by atoms with Gasteiger partial charge in [0.2, 0.25) is 17.7 Å². The quantitative estimate of drug-likeness (QED) is 0.552. The lowest BCUT2D eigenvalue weighted by Crippen LogP contribution is -2.35. The second-order valence-electron chi connectivity index (χ2n) is 6.49. The van der Waals surface area contributed by atoms with Crippen LogP contribution >= 0.6 is 0 Å². The highest BCUT2D eigenvalue weighted by atomic mass is 16.2. The van der Waals surface area contributed by atoms with Crippen LogP contribution in [0.1, 0.15) is 64.7 Å². The van der Waals surface area contributed by atoms with Crippen LogP contribution in [0, 0.1) is 11.8 Å². The van der Waals surface area contributed by atoms with Crippen LogP contribution in [-0.4, -0.2) is 35.7 Å². The molecule has 0 spiro atoms. The van der Waals surface area contributed by atoms with Crippen LogP contribution in [0.3, 0.4) is 0 Å². The van der Waals surface area contributed by atoms with E-state index in [1.807, 2.05) is 0 Å². The van der Waals surface area contributed by atoms with Crippen molar-refractivity contribution in [3.05, 3.63) is 0 Å². The monoisotopic (exact) mass is 308 g/mol. The SMILES string of the molecule is CCCCCCNC(=O)CCN1C(=O)C2CCCCC2C1=O. The number of carbonyl (C=O) groups is 3. The second-order valence-corrected chi connectivity index (χ2v) is 6.49. The summed E-state index contributed by atoms with van der Waals surface area (Å²) < 4.78 is 0. The van der Waals surface area contributed by atoms with Crippen LogP contribution in [0.2, 0.25) is 0 Å². The molecule has 0 aromatic heterocycles. The molecule has 1 heterocycles. The van der Waals surface area contributed by atoms with Crippen LogP contribution in [-0.2, 0) is 14.4 Å². The molecule has 1 saturated heterocycles. The van der Waals surface area contributed by atoms with Crippen LogP contribution < -0.4 is 5.32 Å². The summed E-state index contributed by atoms with van der Waals surface area (Å²) in [6, 6.07) is 0. The third kappa shape index (κ3) is 4.08. The molecule has 22 heavy (non-hydrogen) atoms. The molecule has 124 valence electrons. The van der Waals surface area contributed by atoms with Crippen LogP contribution in [0.4, 0.5) is 0 Å². The van der Waals surface area contributed by atoms with Gasteiger partial charge in [0, 0.05) is 19.5 Å². The fourth-order valence-corrected chi connectivity index (χ4v) is 3.53. The number of hydrogen-bond donors (Lipinski definition) is 1. The Morgan fingerprint density at radius 2 is 1.73 bits per heavy atom. The Kier molecular flexibility index (Phi) is 6.40. The molecule has 2 atom stereocenters. The summed E-state index contributed by atoms with van der Waals surface area (Å²) in [5, 5.41) is 2.87. The van der Waals surface area contributed by atoms with E-state index in [-0.39, 0.29) is 42.5 Å². The number of nitrogens with zero attached hydrogens (tertiary/aromatic N) is 1. The summed E-state index contributed by atoms with van der Waals surface area (Å²) >= 11 is 0. The summed E-state index contributed by atoms with van der Waals surface area (Å²) in [6.45, 7) is 3.08. The molecule has 0 bridgehead atoms. The molecule has 5 nitrogen and oxygen atoms in total. The van der Waals surface area contributed by atoms with Gasteiger partial charge in [-0.05, 0) is 19.3 Å².